The molecule has 0 heterocycles. The Balaban J connectivity index is 1.65. The summed E-state index contributed by atoms with van der Waals surface area (Å²) in [6.45, 7) is 2.70. The van der Waals surface area contributed by atoms with Crippen LogP contribution in [0.5, 0.6) is 5.75 Å². The van der Waals surface area contributed by atoms with E-state index in [9.17, 15) is 9.59 Å². The van der Waals surface area contributed by atoms with Crippen LogP contribution in [0, 0.1) is 0 Å². The summed E-state index contributed by atoms with van der Waals surface area (Å²) in [6.07, 6.45) is 3.30. The molecule has 1 saturated carbocycles. The molecule has 0 aliphatic heterocycles. The van der Waals surface area contributed by atoms with Gasteiger partial charge >= 0.3 is 0 Å². The van der Waals surface area contributed by atoms with Crippen LogP contribution < -0.4 is 10.1 Å². The molecule has 5 nitrogen and oxygen atoms in total. The van der Waals surface area contributed by atoms with Crippen molar-refractivity contribution < 1.29 is 14.3 Å². The number of ether oxygens (including phenoxy) is 1. The Kier molecular flexibility index (Phi) is 5.81. The van der Waals surface area contributed by atoms with Gasteiger partial charge in [0.2, 0.25) is 11.8 Å². The molecule has 0 atom stereocenters. The number of methoxy groups -OCH3 is 1. The predicted octanol–water partition coefficient (Wildman–Crippen LogP) is 1.75. The molecule has 5 heteroatoms. The van der Waals surface area contributed by atoms with Gasteiger partial charge in [-0.1, -0.05) is 12.1 Å². The molecular formula is C17H24N2O3. The minimum absolute atomic E-state index is 0.000381. The Bertz CT molecular complexity index is 509. The Morgan fingerprint density at radius 3 is 2.50 bits per heavy atom. The molecule has 120 valence electrons. The van der Waals surface area contributed by atoms with Gasteiger partial charge in [0, 0.05) is 32.5 Å². The molecule has 1 aliphatic rings. The molecule has 0 radical (unpaired) electrons. The van der Waals surface area contributed by atoms with Crippen LogP contribution in [-0.2, 0) is 16.0 Å². The van der Waals surface area contributed by atoms with Gasteiger partial charge in [-0.15, -0.1) is 0 Å². The van der Waals surface area contributed by atoms with Crippen LogP contribution in [0.3, 0.4) is 0 Å². The number of rotatable bonds is 8. The number of carbonyl (C=O) groups excluding carboxylic acids is 2. The van der Waals surface area contributed by atoms with Crippen molar-refractivity contribution in [1.29, 1.82) is 0 Å². The summed E-state index contributed by atoms with van der Waals surface area (Å²) in [5.41, 5.74) is 1.16. The summed E-state index contributed by atoms with van der Waals surface area (Å²) in [5, 5.41) is 2.91. The first-order chi connectivity index (χ1) is 10.6. The number of nitrogens with one attached hydrogen (secondary N) is 1. The van der Waals surface area contributed by atoms with Crippen molar-refractivity contribution in [3.05, 3.63) is 29.8 Å². The van der Waals surface area contributed by atoms with E-state index in [1.807, 2.05) is 29.2 Å². The number of hydrogen-bond acceptors (Lipinski definition) is 3. The van der Waals surface area contributed by atoms with E-state index in [2.05, 4.69) is 5.32 Å². The van der Waals surface area contributed by atoms with Crippen LogP contribution >= 0.6 is 0 Å². The molecule has 1 aromatic carbocycles. The van der Waals surface area contributed by atoms with E-state index in [1.165, 1.54) is 0 Å². The zero-order chi connectivity index (χ0) is 15.9. The van der Waals surface area contributed by atoms with Gasteiger partial charge in [-0.25, -0.2) is 0 Å². The minimum Gasteiger partial charge on any atom is -0.497 e. The maximum atomic E-state index is 11.8. The predicted molar refractivity (Wildman–Crippen MR) is 84.7 cm³/mol. The fourth-order valence-corrected chi connectivity index (χ4v) is 2.43. The third kappa shape index (κ3) is 5.06. The quantitative estimate of drug-likeness (QED) is 0.796. The zero-order valence-corrected chi connectivity index (χ0v) is 13.3. The summed E-state index contributed by atoms with van der Waals surface area (Å²) in [6, 6.07) is 8.19. The fraction of sp³-hybridized carbons (Fsp3) is 0.529. The van der Waals surface area contributed by atoms with Crippen molar-refractivity contribution in [3.8, 4) is 5.75 Å². The lowest BCUT2D eigenvalue weighted by atomic mass is 10.1. The van der Waals surface area contributed by atoms with Crippen molar-refractivity contribution in [2.75, 3.05) is 20.2 Å². The van der Waals surface area contributed by atoms with Gasteiger partial charge < -0.3 is 15.0 Å². The molecule has 0 saturated heterocycles. The smallest absolute Gasteiger partial charge is 0.221 e. The summed E-state index contributed by atoms with van der Waals surface area (Å²) < 4.78 is 5.11. The van der Waals surface area contributed by atoms with Crippen LogP contribution in [0.4, 0.5) is 0 Å². The van der Waals surface area contributed by atoms with E-state index < -0.39 is 0 Å². The molecule has 22 heavy (non-hydrogen) atoms. The highest BCUT2D eigenvalue weighted by atomic mass is 16.5. The van der Waals surface area contributed by atoms with Crippen LogP contribution in [0.1, 0.15) is 31.7 Å². The average molecular weight is 304 g/mol. The lowest BCUT2D eigenvalue weighted by Gasteiger charge is -2.20. The first kappa shape index (κ1) is 16.3. The molecule has 1 fully saturated rings. The van der Waals surface area contributed by atoms with Crippen LogP contribution in [-0.4, -0.2) is 43.0 Å². The van der Waals surface area contributed by atoms with E-state index >= 15 is 0 Å². The molecule has 2 amide bonds. The van der Waals surface area contributed by atoms with Crippen LogP contribution in [0.15, 0.2) is 24.3 Å². The van der Waals surface area contributed by atoms with Gasteiger partial charge in [0.05, 0.1) is 7.11 Å². The lowest BCUT2D eigenvalue weighted by molar-refractivity contribution is -0.130. The number of hydrogen-bond donors (Lipinski definition) is 1. The van der Waals surface area contributed by atoms with Crippen molar-refractivity contribution in [2.24, 2.45) is 0 Å². The zero-order valence-electron chi connectivity index (χ0n) is 13.3. The average Bonchev–Trinajstić information content (AvgIpc) is 3.32. The second kappa shape index (κ2) is 7.82. The van der Waals surface area contributed by atoms with Crippen LogP contribution in [0.25, 0.3) is 0 Å². The molecule has 0 spiro atoms. The van der Waals surface area contributed by atoms with Crippen molar-refractivity contribution in [1.82, 2.24) is 10.2 Å². The van der Waals surface area contributed by atoms with Gasteiger partial charge in [0.25, 0.3) is 0 Å². The summed E-state index contributed by atoms with van der Waals surface area (Å²) in [5.74, 6) is 0.895. The Hall–Kier alpha value is -2.04. The molecule has 0 unspecified atom stereocenters. The van der Waals surface area contributed by atoms with Crippen molar-refractivity contribution in [3.63, 3.8) is 0 Å². The monoisotopic (exact) mass is 304 g/mol. The van der Waals surface area contributed by atoms with Gasteiger partial charge in [0.15, 0.2) is 0 Å². The Labute approximate surface area is 131 Å². The molecule has 2 rings (SSSR count). The number of benzene rings is 1. The third-order valence-electron chi connectivity index (χ3n) is 3.87. The molecule has 0 bridgehead atoms. The van der Waals surface area contributed by atoms with Gasteiger partial charge in [-0.2, -0.15) is 0 Å². The van der Waals surface area contributed by atoms with Gasteiger partial charge in [-0.3, -0.25) is 9.59 Å². The number of nitrogens with zero attached hydrogens (tertiary/aromatic N) is 1. The summed E-state index contributed by atoms with van der Waals surface area (Å²) >= 11 is 0. The maximum absolute atomic E-state index is 11.8. The molecule has 1 aliphatic carbocycles. The number of amides is 2. The third-order valence-corrected chi connectivity index (χ3v) is 3.87. The molecule has 1 aromatic rings. The van der Waals surface area contributed by atoms with Gasteiger partial charge in [0.1, 0.15) is 5.75 Å². The van der Waals surface area contributed by atoms with Gasteiger partial charge in [-0.05, 0) is 37.0 Å². The SMILES string of the molecule is COc1ccc(CCNC(=O)CCN(C(C)=O)C2CC2)cc1. The second-order valence-corrected chi connectivity index (χ2v) is 5.64. The van der Waals surface area contributed by atoms with E-state index in [0.29, 0.717) is 25.6 Å². The summed E-state index contributed by atoms with van der Waals surface area (Å²) in [4.78, 5) is 25.1. The maximum Gasteiger partial charge on any atom is 0.221 e. The van der Waals surface area contributed by atoms with E-state index in [1.54, 1.807) is 14.0 Å². The largest absolute Gasteiger partial charge is 0.497 e. The Morgan fingerprint density at radius 1 is 1.27 bits per heavy atom. The van der Waals surface area contributed by atoms with E-state index in [4.69, 9.17) is 4.74 Å². The van der Waals surface area contributed by atoms with Crippen LogP contribution in [0.2, 0.25) is 0 Å². The highest BCUT2D eigenvalue weighted by molar-refractivity contribution is 5.78. The lowest BCUT2D eigenvalue weighted by Crippen LogP contribution is -2.35. The highest BCUT2D eigenvalue weighted by Gasteiger charge is 2.30. The minimum atomic E-state index is 0.000381. The molecule has 1 N–H and O–H groups in total. The molecule has 0 aromatic heterocycles. The van der Waals surface area contributed by atoms with Crippen molar-refractivity contribution in [2.45, 2.75) is 38.6 Å². The van der Waals surface area contributed by atoms with Crippen molar-refractivity contribution >= 4 is 11.8 Å². The number of carbonyl (C=O) groups is 2. The topological polar surface area (TPSA) is 58.6 Å². The molecular weight excluding hydrogens is 280 g/mol. The summed E-state index contributed by atoms with van der Waals surface area (Å²) in [7, 11) is 1.64. The standard InChI is InChI=1S/C17H24N2O3/c1-13(20)19(15-5-6-15)12-10-17(21)18-11-9-14-3-7-16(22-2)8-4-14/h3-4,7-8,15H,5-6,9-12H2,1-2H3,(H,18,21). The Morgan fingerprint density at radius 2 is 1.95 bits per heavy atom. The highest BCUT2D eigenvalue weighted by Crippen LogP contribution is 2.26. The first-order valence-corrected chi connectivity index (χ1v) is 7.77. The second-order valence-electron chi connectivity index (χ2n) is 5.64. The normalized spacial score (nSPS) is 13.5. The fourth-order valence-electron chi connectivity index (χ4n) is 2.43. The first-order valence-electron chi connectivity index (χ1n) is 7.77. The van der Waals surface area contributed by atoms with E-state index in [-0.39, 0.29) is 11.8 Å². The van der Waals surface area contributed by atoms with E-state index in [0.717, 1.165) is 30.6 Å².